The first-order valence-corrected chi connectivity index (χ1v) is 11.6. The molecule has 1 fully saturated rings. The minimum Gasteiger partial charge on any atom is -0.342 e. The van der Waals surface area contributed by atoms with Crippen molar-refractivity contribution < 1.29 is 4.79 Å². The third-order valence-electron chi connectivity index (χ3n) is 5.14. The van der Waals surface area contributed by atoms with E-state index in [0.29, 0.717) is 15.8 Å². The fourth-order valence-corrected chi connectivity index (χ4v) is 5.33. The van der Waals surface area contributed by atoms with Gasteiger partial charge in [0, 0.05) is 34.7 Å². The van der Waals surface area contributed by atoms with Crippen molar-refractivity contribution in [3.63, 3.8) is 0 Å². The molecule has 148 valence electrons. The highest BCUT2D eigenvalue weighted by molar-refractivity contribution is 9.10. The third-order valence-corrected chi connectivity index (χ3v) is 7.04. The predicted octanol–water partition coefficient (Wildman–Crippen LogP) is 6.24. The fourth-order valence-electron chi connectivity index (χ4n) is 3.69. The van der Waals surface area contributed by atoms with E-state index >= 15 is 0 Å². The standard InChI is InChI=1S/C23H21BrN2OS2/c1-3-16-6-5-7-19-17(12-20-22(27)26(4-2)23(28)29-20)14-25(21(16)19)13-15-8-10-18(24)11-9-15/h5-12,14H,3-4,13H2,1-2H3/b20-12-. The van der Waals surface area contributed by atoms with Crippen LogP contribution in [0.25, 0.3) is 17.0 Å². The van der Waals surface area contributed by atoms with Gasteiger partial charge in [-0.1, -0.05) is 77.2 Å². The molecule has 0 spiro atoms. The molecule has 1 aliphatic rings. The molecule has 2 aromatic carbocycles. The van der Waals surface area contributed by atoms with Gasteiger partial charge in [0.2, 0.25) is 0 Å². The lowest BCUT2D eigenvalue weighted by molar-refractivity contribution is -0.121. The number of carbonyl (C=O) groups is 1. The maximum Gasteiger partial charge on any atom is 0.266 e. The Balaban J connectivity index is 1.81. The van der Waals surface area contributed by atoms with Gasteiger partial charge in [0.1, 0.15) is 4.32 Å². The normalized spacial score (nSPS) is 15.8. The molecule has 0 aliphatic carbocycles. The summed E-state index contributed by atoms with van der Waals surface area (Å²) in [6, 6.07) is 14.8. The number of fused-ring (bicyclic) bond motifs is 1. The second-order valence-electron chi connectivity index (χ2n) is 6.93. The number of aromatic nitrogens is 1. The number of carbonyl (C=O) groups excluding carboxylic acids is 1. The lowest BCUT2D eigenvalue weighted by Gasteiger charge is -2.09. The Bertz CT molecular complexity index is 1130. The molecular weight excluding hydrogens is 464 g/mol. The number of halogens is 1. The molecule has 4 rings (SSSR count). The molecular formula is C23H21BrN2OS2. The Kier molecular flexibility index (Phi) is 5.95. The molecule has 0 atom stereocenters. The molecule has 29 heavy (non-hydrogen) atoms. The Labute approximate surface area is 188 Å². The highest BCUT2D eigenvalue weighted by Gasteiger charge is 2.30. The first-order chi connectivity index (χ1) is 14.0. The first kappa shape index (κ1) is 20.4. The van der Waals surface area contributed by atoms with Gasteiger partial charge in [0.25, 0.3) is 5.91 Å². The van der Waals surface area contributed by atoms with E-state index in [2.05, 4.69) is 76.1 Å². The average molecular weight is 485 g/mol. The molecule has 6 heteroatoms. The van der Waals surface area contributed by atoms with Crippen LogP contribution in [0.4, 0.5) is 0 Å². The second-order valence-corrected chi connectivity index (χ2v) is 9.52. The smallest absolute Gasteiger partial charge is 0.266 e. The number of nitrogens with zero attached hydrogens (tertiary/aromatic N) is 2. The van der Waals surface area contributed by atoms with Gasteiger partial charge in [0.05, 0.1) is 10.4 Å². The number of amides is 1. The van der Waals surface area contributed by atoms with E-state index < -0.39 is 0 Å². The number of aryl methyl sites for hydroxylation is 1. The van der Waals surface area contributed by atoms with E-state index in [-0.39, 0.29) is 5.91 Å². The number of hydrogen-bond acceptors (Lipinski definition) is 3. The molecule has 1 aromatic heterocycles. The molecule has 3 nitrogen and oxygen atoms in total. The number of thioether (sulfide) groups is 1. The molecule has 1 aliphatic heterocycles. The summed E-state index contributed by atoms with van der Waals surface area (Å²) in [7, 11) is 0. The van der Waals surface area contributed by atoms with E-state index in [1.165, 1.54) is 33.8 Å². The number of rotatable bonds is 5. The van der Waals surface area contributed by atoms with Crippen molar-refractivity contribution in [2.75, 3.05) is 6.54 Å². The summed E-state index contributed by atoms with van der Waals surface area (Å²) in [6.07, 6.45) is 5.11. The molecule has 0 bridgehead atoms. The van der Waals surface area contributed by atoms with E-state index in [9.17, 15) is 4.79 Å². The van der Waals surface area contributed by atoms with Crippen LogP contribution in [0.1, 0.15) is 30.5 Å². The van der Waals surface area contributed by atoms with Gasteiger partial charge >= 0.3 is 0 Å². The number of para-hydroxylation sites is 1. The van der Waals surface area contributed by atoms with Crippen LogP contribution in [0, 0.1) is 0 Å². The lowest BCUT2D eigenvalue weighted by Crippen LogP contribution is -2.27. The van der Waals surface area contributed by atoms with Crippen molar-refractivity contribution in [3.05, 3.63) is 74.7 Å². The van der Waals surface area contributed by atoms with Crippen LogP contribution >= 0.6 is 39.9 Å². The van der Waals surface area contributed by atoms with E-state index in [1.54, 1.807) is 4.90 Å². The van der Waals surface area contributed by atoms with Gasteiger partial charge in [0.15, 0.2) is 0 Å². The second kappa shape index (κ2) is 8.46. The first-order valence-electron chi connectivity index (χ1n) is 9.62. The van der Waals surface area contributed by atoms with Crippen molar-refractivity contribution in [2.45, 2.75) is 26.8 Å². The summed E-state index contributed by atoms with van der Waals surface area (Å²) < 4.78 is 4.01. The summed E-state index contributed by atoms with van der Waals surface area (Å²) in [5.74, 6) is 0.00274. The highest BCUT2D eigenvalue weighted by atomic mass is 79.9. The summed E-state index contributed by atoms with van der Waals surface area (Å²) in [6.45, 7) is 5.51. The van der Waals surface area contributed by atoms with Crippen LogP contribution in [0.2, 0.25) is 0 Å². The van der Waals surface area contributed by atoms with Gasteiger partial charge in [-0.05, 0) is 42.7 Å². The van der Waals surface area contributed by atoms with Gasteiger partial charge in [-0.25, -0.2) is 0 Å². The number of hydrogen-bond donors (Lipinski definition) is 0. The van der Waals surface area contributed by atoms with Crippen LogP contribution in [0.3, 0.4) is 0 Å². The summed E-state index contributed by atoms with van der Waals surface area (Å²) in [5, 5.41) is 1.17. The van der Waals surface area contributed by atoms with E-state index in [0.717, 1.165) is 23.0 Å². The van der Waals surface area contributed by atoms with E-state index in [4.69, 9.17) is 12.2 Å². The van der Waals surface area contributed by atoms with Gasteiger partial charge in [-0.3, -0.25) is 9.69 Å². The Morgan fingerprint density at radius 1 is 1.14 bits per heavy atom. The SMILES string of the molecule is CCc1cccc2c(/C=C3\SC(=S)N(CC)C3=O)cn(Cc3ccc(Br)cc3)c12. The Morgan fingerprint density at radius 3 is 2.55 bits per heavy atom. The largest absolute Gasteiger partial charge is 0.342 e. The predicted molar refractivity (Wildman–Crippen MR) is 130 cm³/mol. The number of likely N-dealkylation sites (N-methyl/N-ethyl adjacent to an activating group) is 1. The van der Waals surface area contributed by atoms with Crippen molar-refractivity contribution in [1.29, 1.82) is 0 Å². The van der Waals surface area contributed by atoms with Gasteiger partial charge < -0.3 is 4.57 Å². The Morgan fingerprint density at radius 2 is 1.90 bits per heavy atom. The van der Waals surface area contributed by atoms with E-state index in [1.807, 2.05) is 13.0 Å². The van der Waals surface area contributed by atoms with Crippen LogP contribution in [0.15, 0.2) is 58.0 Å². The monoisotopic (exact) mass is 484 g/mol. The number of benzene rings is 2. The minimum atomic E-state index is 0.00274. The summed E-state index contributed by atoms with van der Waals surface area (Å²) >= 11 is 10.3. The molecule has 1 amide bonds. The zero-order chi connectivity index (χ0) is 20.5. The van der Waals surface area contributed by atoms with Crippen molar-refractivity contribution >= 4 is 67.1 Å². The Hall–Kier alpha value is -1.89. The van der Waals surface area contributed by atoms with Crippen molar-refractivity contribution in [3.8, 4) is 0 Å². The van der Waals surface area contributed by atoms with Crippen molar-refractivity contribution in [1.82, 2.24) is 9.47 Å². The molecule has 0 unspecified atom stereocenters. The topological polar surface area (TPSA) is 25.2 Å². The molecule has 0 saturated carbocycles. The highest BCUT2D eigenvalue weighted by Crippen LogP contribution is 2.35. The van der Waals surface area contributed by atoms with Crippen LogP contribution in [0.5, 0.6) is 0 Å². The van der Waals surface area contributed by atoms with Gasteiger partial charge in [-0.15, -0.1) is 0 Å². The fraction of sp³-hybridized carbons (Fsp3) is 0.217. The van der Waals surface area contributed by atoms with Crippen LogP contribution < -0.4 is 0 Å². The van der Waals surface area contributed by atoms with Crippen LogP contribution in [-0.4, -0.2) is 26.2 Å². The zero-order valence-corrected chi connectivity index (χ0v) is 19.5. The van der Waals surface area contributed by atoms with Gasteiger partial charge in [-0.2, -0.15) is 0 Å². The quantitative estimate of drug-likeness (QED) is 0.316. The molecule has 1 saturated heterocycles. The minimum absolute atomic E-state index is 0.00274. The average Bonchev–Trinajstić information content (AvgIpc) is 3.20. The molecule has 0 N–H and O–H groups in total. The summed E-state index contributed by atoms with van der Waals surface area (Å²) in [4.78, 5) is 15.0. The third kappa shape index (κ3) is 3.93. The molecule has 0 radical (unpaired) electrons. The maximum atomic E-state index is 12.7. The maximum absolute atomic E-state index is 12.7. The van der Waals surface area contributed by atoms with Crippen molar-refractivity contribution in [2.24, 2.45) is 0 Å². The molecule has 2 heterocycles. The summed E-state index contributed by atoms with van der Waals surface area (Å²) in [5.41, 5.74) is 4.83. The zero-order valence-electron chi connectivity index (χ0n) is 16.3. The number of thiocarbonyl (C=S) groups is 1. The molecule has 3 aromatic rings. The lowest BCUT2D eigenvalue weighted by atomic mass is 10.1. The van der Waals surface area contributed by atoms with Crippen LogP contribution in [-0.2, 0) is 17.8 Å².